The lowest BCUT2D eigenvalue weighted by Gasteiger charge is -2.57. The van der Waals surface area contributed by atoms with Crippen LogP contribution in [0.1, 0.15) is 64.2 Å². The molecule has 2 nitrogen and oxygen atoms in total. The van der Waals surface area contributed by atoms with E-state index in [0.717, 1.165) is 59.2 Å². The first-order valence-electron chi connectivity index (χ1n) is 11.8. The molecule has 0 saturated heterocycles. The summed E-state index contributed by atoms with van der Waals surface area (Å²) in [5.41, 5.74) is 0. The van der Waals surface area contributed by atoms with Crippen LogP contribution < -0.4 is 0 Å². The second-order valence-electron chi connectivity index (χ2n) is 11.5. The van der Waals surface area contributed by atoms with Crippen LogP contribution in [0.4, 0.5) is 0 Å². The Morgan fingerprint density at radius 1 is 0.423 bits per heavy atom. The van der Waals surface area contributed by atoms with Crippen molar-refractivity contribution in [3.63, 3.8) is 0 Å². The number of rotatable bonds is 2. The summed E-state index contributed by atoms with van der Waals surface area (Å²) in [6.07, 6.45) is 20.3. The van der Waals surface area contributed by atoms with E-state index in [1.54, 1.807) is 0 Å². The molecule has 0 aromatic heterocycles. The molecular formula is C24H34O2. The van der Waals surface area contributed by atoms with Gasteiger partial charge in [-0.05, 0) is 123 Å². The molecule has 26 heavy (non-hydrogen) atoms. The van der Waals surface area contributed by atoms with E-state index < -0.39 is 0 Å². The summed E-state index contributed by atoms with van der Waals surface area (Å²) in [7, 11) is 0. The van der Waals surface area contributed by atoms with Gasteiger partial charge in [0.25, 0.3) is 0 Å². The van der Waals surface area contributed by atoms with Crippen LogP contribution in [0.2, 0.25) is 0 Å². The van der Waals surface area contributed by atoms with Gasteiger partial charge in [0.2, 0.25) is 0 Å². The predicted molar refractivity (Wildman–Crippen MR) is 100.0 cm³/mol. The number of hydrogen-bond donors (Lipinski definition) is 0. The molecule has 8 fully saturated rings. The van der Waals surface area contributed by atoms with Crippen molar-refractivity contribution in [1.29, 1.82) is 0 Å². The van der Waals surface area contributed by atoms with Gasteiger partial charge in [-0.15, -0.1) is 0 Å². The molecule has 0 unspecified atom stereocenters. The lowest BCUT2D eigenvalue weighted by atomic mass is 9.50. The third-order valence-electron chi connectivity index (χ3n) is 10.1. The van der Waals surface area contributed by atoms with Gasteiger partial charge in [-0.1, -0.05) is 12.2 Å². The van der Waals surface area contributed by atoms with Gasteiger partial charge in [-0.2, -0.15) is 0 Å². The van der Waals surface area contributed by atoms with Gasteiger partial charge in [0.15, 0.2) is 0 Å². The average molecular weight is 355 g/mol. The normalized spacial score (nSPS) is 62.2. The minimum atomic E-state index is 0.248. The molecule has 9 rings (SSSR count). The molecule has 8 saturated carbocycles. The van der Waals surface area contributed by atoms with Crippen molar-refractivity contribution in [3.05, 3.63) is 12.2 Å². The monoisotopic (exact) mass is 354 g/mol. The van der Waals surface area contributed by atoms with Crippen LogP contribution in [-0.2, 0) is 9.78 Å². The SMILES string of the molecule is C1=C[C@H](C2C3CC4CC(C3)CC2C4)OO[C@@H]1C1C2CC3CC(C2)CC1C3. The van der Waals surface area contributed by atoms with Crippen LogP contribution in [0, 0.1) is 59.2 Å². The first-order valence-corrected chi connectivity index (χ1v) is 11.8. The quantitative estimate of drug-likeness (QED) is 0.489. The van der Waals surface area contributed by atoms with Crippen molar-refractivity contribution < 1.29 is 9.78 Å². The lowest BCUT2D eigenvalue weighted by molar-refractivity contribution is -0.371. The molecule has 1 heterocycles. The molecule has 2 atom stereocenters. The zero-order valence-corrected chi connectivity index (χ0v) is 16.0. The van der Waals surface area contributed by atoms with E-state index in [-0.39, 0.29) is 12.2 Å². The van der Waals surface area contributed by atoms with Gasteiger partial charge in [0, 0.05) is 0 Å². The fraction of sp³-hybridized carbons (Fsp3) is 0.917. The van der Waals surface area contributed by atoms with Gasteiger partial charge in [0.05, 0.1) is 0 Å². The Morgan fingerprint density at radius 3 is 1.00 bits per heavy atom. The highest BCUT2D eigenvalue weighted by Crippen LogP contribution is 2.60. The lowest BCUT2D eigenvalue weighted by Crippen LogP contribution is -2.52. The van der Waals surface area contributed by atoms with E-state index in [1.165, 1.54) is 64.2 Å². The molecule has 8 aliphatic carbocycles. The summed E-state index contributed by atoms with van der Waals surface area (Å²) in [6, 6.07) is 0. The summed E-state index contributed by atoms with van der Waals surface area (Å²) in [6.45, 7) is 0. The fourth-order valence-corrected chi connectivity index (χ4v) is 9.80. The van der Waals surface area contributed by atoms with Crippen molar-refractivity contribution in [2.24, 2.45) is 59.2 Å². The van der Waals surface area contributed by atoms with Gasteiger partial charge >= 0.3 is 0 Å². The van der Waals surface area contributed by atoms with Gasteiger partial charge < -0.3 is 0 Å². The Balaban J connectivity index is 1.09. The maximum atomic E-state index is 6.19. The molecule has 0 amide bonds. The Hall–Kier alpha value is -0.340. The molecule has 0 spiro atoms. The Bertz CT molecular complexity index is 501. The van der Waals surface area contributed by atoms with Gasteiger partial charge in [-0.25, -0.2) is 9.78 Å². The summed E-state index contributed by atoms with van der Waals surface area (Å²) >= 11 is 0. The summed E-state index contributed by atoms with van der Waals surface area (Å²) in [4.78, 5) is 12.4. The third-order valence-corrected chi connectivity index (χ3v) is 10.1. The third kappa shape index (κ3) is 2.24. The Kier molecular flexibility index (Phi) is 3.35. The van der Waals surface area contributed by atoms with Crippen LogP contribution in [0.3, 0.4) is 0 Å². The van der Waals surface area contributed by atoms with E-state index in [4.69, 9.17) is 9.78 Å². The molecule has 142 valence electrons. The van der Waals surface area contributed by atoms with Crippen molar-refractivity contribution in [2.75, 3.05) is 0 Å². The molecule has 0 aromatic rings. The summed E-state index contributed by atoms with van der Waals surface area (Å²) < 4.78 is 0. The maximum absolute atomic E-state index is 6.19. The molecule has 1 aliphatic heterocycles. The molecule has 0 aromatic carbocycles. The fourth-order valence-electron chi connectivity index (χ4n) is 9.80. The topological polar surface area (TPSA) is 18.5 Å². The van der Waals surface area contributed by atoms with Gasteiger partial charge in [0.1, 0.15) is 12.2 Å². The molecule has 0 radical (unpaired) electrons. The predicted octanol–water partition coefficient (Wildman–Crippen LogP) is 5.39. The zero-order valence-electron chi connectivity index (χ0n) is 16.0. The van der Waals surface area contributed by atoms with Crippen LogP contribution in [0.25, 0.3) is 0 Å². The van der Waals surface area contributed by atoms with Crippen LogP contribution in [-0.4, -0.2) is 12.2 Å². The highest BCUT2D eigenvalue weighted by Gasteiger charge is 2.53. The highest BCUT2D eigenvalue weighted by atomic mass is 17.2. The number of hydrogen-bond acceptors (Lipinski definition) is 2. The van der Waals surface area contributed by atoms with E-state index in [9.17, 15) is 0 Å². The maximum Gasteiger partial charge on any atom is 0.114 e. The van der Waals surface area contributed by atoms with Crippen molar-refractivity contribution in [1.82, 2.24) is 0 Å². The van der Waals surface area contributed by atoms with E-state index >= 15 is 0 Å². The summed E-state index contributed by atoms with van der Waals surface area (Å²) in [5.74, 6) is 9.35. The molecule has 9 aliphatic rings. The van der Waals surface area contributed by atoms with E-state index in [1.807, 2.05) is 0 Å². The van der Waals surface area contributed by atoms with Crippen molar-refractivity contribution in [3.8, 4) is 0 Å². The molecular weight excluding hydrogens is 320 g/mol. The van der Waals surface area contributed by atoms with Crippen LogP contribution in [0.15, 0.2) is 12.2 Å². The molecule has 8 bridgehead atoms. The zero-order chi connectivity index (χ0) is 16.8. The summed E-state index contributed by atoms with van der Waals surface area (Å²) in [5, 5.41) is 0. The van der Waals surface area contributed by atoms with Crippen LogP contribution in [0.5, 0.6) is 0 Å². The molecule has 2 heteroatoms. The largest absolute Gasteiger partial charge is 0.228 e. The van der Waals surface area contributed by atoms with Gasteiger partial charge in [-0.3, -0.25) is 0 Å². The second kappa shape index (κ2) is 5.60. The second-order valence-corrected chi connectivity index (χ2v) is 11.5. The van der Waals surface area contributed by atoms with E-state index in [2.05, 4.69) is 12.2 Å². The van der Waals surface area contributed by atoms with Crippen molar-refractivity contribution in [2.45, 2.75) is 76.4 Å². The highest BCUT2D eigenvalue weighted by molar-refractivity contribution is 5.10. The minimum Gasteiger partial charge on any atom is -0.228 e. The average Bonchev–Trinajstić information content (AvgIpc) is 2.61. The smallest absolute Gasteiger partial charge is 0.114 e. The molecule has 0 N–H and O–H groups in total. The Morgan fingerprint density at radius 2 is 0.731 bits per heavy atom. The first kappa shape index (κ1) is 15.6. The minimum absolute atomic E-state index is 0.248. The van der Waals surface area contributed by atoms with Crippen molar-refractivity contribution >= 4 is 0 Å². The van der Waals surface area contributed by atoms with Crippen LogP contribution >= 0.6 is 0 Å². The first-order chi connectivity index (χ1) is 12.8. The standard InChI is InChI=1S/C24H34O2/c1-2-22(24-19-9-15-4-16(11-19)12-20(24)10-15)26-25-21(1)23-17-5-13-3-14(7-17)8-18(23)6-13/h1-2,13-24H,3-12H2/t13?,14?,15?,16?,17?,18?,19?,20?,21-,22+,23?,24?. The Labute approximate surface area is 158 Å². The van der Waals surface area contributed by atoms with E-state index in [0.29, 0.717) is 0 Å².